The van der Waals surface area contributed by atoms with Crippen molar-refractivity contribution in [3.05, 3.63) is 0 Å². The van der Waals surface area contributed by atoms with Gasteiger partial charge in [-0.3, -0.25) is 0 Å². The summed E-state index contributed by atoms with van der Waals surface area (Å²) < 4.78 is 0. The van der Waals surface area contributed by atoms with Gasteiger partial charge in [-0.05, 0) is 19.9 Å². The molecule has 2 heteroatoms. The van der Waals surface area contributed by atoms with E-state index in [1.807, 2.05) is 6.92 Å². The number of rotatable bonds is 18. The normalized spacial score (nSPS) is 12.7. The van der Waals surface area contributed by atoms with Crippen molar-refractivity contribution in [3.8, 4) is 0 Å². The van der Waals surface area contributed by atoms with Crippen LogP contribution in [0.1, 0.15) is 117 Å². The highest BCUT2D eigenvalue weighted by molar-refractivity contribution is 6.20. The van der Waals surface area contributed by atoms with Gasteiger partial charge >= 0.3 is 0 Å². The molecule has 0 bridgehead atoms. The van der Waals surface area contributed by atoms with E-state index in [2.05, 4.69) is 12.2 Å². The molecule has 1 nitrogen and oxygen atoms in total. The van der Waals surface area contributed by atoms with Crippen LogP contribution in [0.15, 0.2) is 0 Å². The molecular weight excluding hydrogens is 290 g/mol. The number of hydrogen-bond donors (Lipinski definition) is 1. The summed E-state index contributed by atoms with van der Waals surface area (Å²) in [7, 11) is 0. The van der Waals surface area contributed by atoms with Gasteiger partial charge in [0.25, 0.3) is 0 Å². The van der Waals surface area contributed by atoms with Crippen molar-refractivity contribution in [1.29, 1.82) is 0 Å². The Morgan fingerprint density at radius 3 is 1.23 bits per heavy atom. The number of hydrogen-bond acceptors (Lipinski definition) is 1. The number of nitrogens with one attached hydrogen (secondary N) is 1. The van der Waals surface area contributed by atoms with Crippen molar-refractivity contribution in [2.75, 3.05) is 6.54 Å². The molecule has 0 aromatic carbocycles. The van der Waals surface area contributed by atoms with E-state index >= 15 is 0 Å². The fourth-order valence-electron chi connectivity index (χ4n) is 2.97. The smallest absolute Gasteiger partial charge is 0.0796 e. The van der Waals surface area contributed by atoms with E-state index in [1.165, 1.54) is 103 Å². The molecule has 0 aliphatic heterocycles. The lowest BCUT2D eigenvalue weighted by Gasteiger charge is -2.06. The first-order valence-electron chi connectivity index (χ1n) is 10.1. The summed E-state index contributed by atoms with van der Waals surface area (Å²) in [5, 5.41) is 3.26. The molecule has 0 aliphatic rings. The molecule has 0 amide bonds. The first kappa shape index (κ1) is 22.2. The monoisotopic (exact) mass is 331 g/mol. The first-order valence-corrected chi connectivity index (χ1v) is 10.6. The van der Waals surface area contributed by atoms with Gasteiger partial charge in [0.2, 0.25) is 0 Å². The van der Waals surface area contributed by atoms with Gasteiger partial charge < -0.3 is 5.32 Å². The van der Waals surface area contributed by atoms with E-state index in [1.54, 1.807) is 0 Å². The summed E-state index contributed by atoms with van der Waals surface area (Å²) in [6.45, 7) is 5.36. The zero-order chi connectivity index (χ0) is 16.3. The van der Waals surface area contributed by atoms with Crippen molar-refractivity contribution >= 4 is 11.6 Å². The third-order valence-electron chi connectivity index (χ3n) is 4.46. The van der Waals surface area contributed by atoms with Gasteiger partial charge in [-0.2, -0.15) is 0 Å². The number of alkyl halides is 1. The lowest BCUT2D eigenvalue weighted by atomic mass is 10.0. The third kappa shape index (κ3) is 20.2. The van der Waals surface area contributed by atoms with Crippen molar-refractivity contribution in [2.45, 2.75) is 122 Å². The first-order chi connectivity index (χ1) is 10.8. The van der Waals surface area contributed by atoms with Crippen molar-refractivity contribution < 1.29 is 0 Å². The molecule has 134 valence electrons. The van der Waals surface area contributed by atoms with E-state index in [0.29, 0.717) is 0 Å². The van der Waals surface area contributed by atoms with Gasteiger partial charge in [-0.1, -0.05) is 103 Å². The second kappa shape index (κ2) is 19.3. The maximum absolute atomic E-state index is 5.84. The molecule has 0 heterocycles. The molecular formula is C20H42ClN. The maximum atomic E-state index is 5.84. The summed E-state index contributed by atoms with van der Waals surface area (Å²) in [5.74, 6) is 0. The van der Waals surface area contributed by atoms with Crippen LogP contribution in [-0.4, -0.2) is 12.0 Å². The van der Waals surface area contributed by atoms with E-state index in [4.69, 9.17) is 11.6 Å². The van der Waals surface area contributed by atoms with Gasteiger partial charge in [-0.15, -0.1) is 11.6 Å². The maximum Gasteiger partial charge on any atom is 0.0796 e. The molecule has 0 fully saturated rings. The summed E-state index contributed by atoms with van der Waals surface area (Å²) in [4.78, 5) is 0. The molecule has 0 radical (unpaired) electrons. The van der Waals surface area contributed by atoms with Crippen LogP contribution in [0.4, 0.5) is 0 Å². The standard InChI is InChI=1S/C20H42ClN/c1-3-4-5-6-7-8-9-10-11-12-13-14-15-16-17-18-19-22-20(2)21/h20,22H,3-19H2,1-2H3. The third-order valence-corrected chi connectivity index (χ3v) is 4.61. The molecule has 1 unspecified atom stereocenters. The summed E-state index contributed by atoms with van der Waals surface area (Å²) >= 11 is 5.84. The molecule has 22 heavy (non-hydrogen) atoms. The average Bonchev–Trinajstić information content (AvgIpc) is 2.50. The van der Waals surface area contributed by atoms with Crippen LogP contribution in [0.25, 0.3) is 0 Å². The fraction of sp³-hybridized carbons (Fsp3) is 1.00. The Labute approximate surface area is 146 Å². The molecule has 0 rings (SSSR count). The fourth-order valence-corrected chi connectivity index (χ4v) is 3.08. The second-order valence-electron chi connectivity index (χ2n) is 6.87. The van der Waals surface area contributed by atoms with Crippen LogP contribution in [0, 0.1) is 0 Å². The van der Waals surface area contributed by atoms with E-state index in [-0.39, 0.29) is 5.50 Å². The summed E-state index contributed by atoms with van der Waals surface area (Å²) in [6, 6.07) is 0. The van der Waals surface area contributed by atoms with Crippen molar-refractivity contribution in [1.82, 2.24) is 5.32 Å². The second-order valence-corrected chi connectivity index (χ2v) is 7.53. The number of unbranched alkanes of at least 4 members (excludes halogenated alkanes) is 15. The molecule has 0 saturated carbocycles. The molecule has 0 aromatic rings. The topological polar surface area (TPSA) is 12.0 Å². The van der Waals surface area contributed by atoms with Gasteiger partial charge in [0.1, 0.15) is 0 Å². The molecule has 1 N–H and O–H groups in total. The Bertz CT molecular complexity index is 194. The lowest BCUT2D eigenvalue weighted by molar-refractivity contribution is 0.525. The zero-order valence-electron chi connectivity index (χ0n) is 15.5. The largest absolute Gasteiger partial charge is 0.302 e. The Kier molecular flexibility index (Phi) is 19.5. The quantitative estimate of drug-likeness (QED) is 0.156. The predicted molar refractivity (Wildman–Crippen MR) is 103 cm³/mol. The Morgan fingerprint density at radius 1 is 0.591 bits per heavy atom. The average molecular weight is 332 g/mol. The predicted octanol–water partition coefficient (Wildman–Crippen LogP) is 7.42. The molecule has 0 spiro atoms. The lowest BCUT2D eigenvalue weighted by Crippen LogP contribution is -2.21. The van der Waals surface area contributed by atoms with Crippen LogP contribution in [-0.2, 0) is 0 Å². The molecule has 0 aromatic heterocycles. The summed E-state index contributed by atoms with van der Waals surface area (Å²) in [5.41, 5.74) is 0.122. The molecule has 0 aliphatic carbocycles. The minimum absolute atomic E-state index is 0.122. The van der Waals surface area contributed by atoms with Crippen LogP contribution < -0.4 is 5.32 Å². The van der Waals surface area contributed by atoms with Gasteiger partial charge in [-0.25, -0.2) is 0 Å². The van der Waals surface area contributed by atoms with Gasteiger partial charge in [0.15, 0.2) is 0 Å². The SMILES string of the molecule is CCCCCCCCCCCCCCCCCCNC(C)Cl. The van der Waals surface area contributed by atoms with Crippen LogP contribution in [0.5, 0.6) is 0 Å². The Balaban J connectivity index is 2.94. The zero-order valence-corrected chi connectivity index (χ0v) is 16.2. The Hall–Kier alpha value is 0.250. The van der Waals surface area contributed by atoms with Gasteiger partial charge in [0.05, 0.1) is 5.50 Å². The minimum Gasteiger partial charge on any atom is -0.302 e. The van der Waals surface area contributed by atoms with E-state index in [0.717, 1.165) is 6.54 Å². The Morgan fingerprint density at radius 2 is 0.909 bits per heavy atom. The van der Waals surface area contributed by atoms with Crippen molar-refractivity contribution in [3.63, 3.8) is 0 Å². The highest BCUT2D eigenvalue weighted by Gasteiger charge is 1.95. The highest BCUT2D eigenvalue weighted by Crippen LogP contribution is 2.13. The number of halogens is 1. The van der Waals surface area contributed by atoms with E-state index < -0.39 is 0 Å². The highest BCUT2D eigenvalue weighted by atomic mass is 35.5. The van der Waals surface area contributed by atoms with Gasteiger partial charge in [0, 0.05) is 0 Å². The molecule has 1 atom stereocenters. The minimum atomic E-state index is 0.122. The van der Waals surface area contributed by atoms with E-state index in [9.17, 15) is 0 Å². The van der Waals surface area contributed by atoms with Crippen molar-refractivity contribution in [2.24, 2.45) is 0 Å². The van der Waals surface area contributed by atoms with Crippen LogP contribution in [0.2, 0.25) is 0 Å². The van der Waals surface area contributed by atoms with Crippen LogP contribution >= 0.6 is 11.6 Å². The molecule has 0 saturated heterocycles. The van der Waals surface area contributed by atoms with Crippen LogP contribution in [0.3, 0.4) is 0 Å². The summed E-state index contributed by atoms with van der Waals surface area (Å²) in [6.07, 6.45) is 22.9.